The van der Waals surface area contributed by atoms with Gasteiger partial charge in [-0.25, -0.2) is 19.9 Å². The number of fused-ring (bicyclic) bond motifs is 15. The molecule has 0 aliphatic heterocycles. The zero-order valence-electron chi connectivity index (χ0n) is 64.5. The Balaban J connectivity index is 0.000000100. The van der Waals surface area contributed by atoms with Crippen molar-refractivity contribution in [3.05, 3.63) is 397 Å². The summed E-state index contributed by atoms with van der Waals surface area (Å²) < 4.78 is 23.7. The highest BCUT2D eigenvalue weighted by Crippen LogP contribution is 2.45. The Labute approximate surface area is 717 Å². The van der Waals surface area contributed by atoms with Crippen molar-refractivity contribution < 1.29 is 17.7 Å². The first-order valence-electron chi connectivity index (χ1n) is 39.5. The smallest absolute Gasteiger partial charge is 0.232 e. The van der Waals surface area contributed by atoms with Gasteiger partial charge in [0.2, 0.25) is 44.0 Å². The predicted octanol–water partition coefficient (Wildman–Crippen LogP) is 30.6. The Morgan fingerprint density at radius 2 is 0.459 bits per heavy atom. The Kier molecular flexibility index (Phi) is 19.6. The minimum atomic E-state index is 0.165. The quantitative estimate of drug-likeness (QED) is 0.126. The summed E-state index contributed by atoms with van der Waals surface area (Å²) in [7, 11) is 0. The molecule has 0 fully saturated rings. The lowest BCUT2D eigenvalue weighted by Crippen LogP contribution is -1.92. The Morgan fingerprint density at radius 3 is 0.926 bits per heavy atom. The van der Waals surface area contributed by atoms with Crippen LogP contribution in [-0.2, 0) is 0 Å². The van der Waals surface area contributed by atoms with Crippen LogP contribution >= 0.6 is 46.4 Å². The molecule has 16 heteroatoms. The number of para-hydroxylation sites is 4. The predicted molar refractivity (Wildman–Crippen MR) is 499 cm³/mol. The van der Waals surface area contributed by atoms with Crippen molar-refractivity contribution in [3.63, 3.8) is 0 Å². The lowest BCUT2D eigenvalue weighted by atomic mass is 9.93. The molecule has 578 valence electrons. The fraction of sp³-hybridized carbons (Fsp3) is 0. The zero-order valence-corrected chi connectivity index (χ0v) is 67.5. The Morgan fingerprint density at radius 1 is 0.164 bits per heavy atom. The van der Waals surface area contributed by atoms with Crippen LogP contribution in [0.25, 0.3) is 221 Å². The van der Waals surface area contributed by atoms with Crippen molar-refractivity contribution in [2.24, 2.45) is 0 Å². The number of hydrogen-bond donors (Lipinski definition) is 0. The van der Waals surface area contributed by atoms with Gasteiger partial charge in [0, 0.05) is 43.8 Å². The molecule has 0 N–H and O–H groups in total. The molecule has 24 aromatic rings. The van der Waals surface area contributed by atoms with E-state index in [-0.39, 0.29) is 21.1 Å². The monoisotopic (exact) mass is 1650 g/mol. The highest BCUT2D eigenvalue weighted by molar-refractivity contribution is 6.31. The first-order chi connectivity index (χ1) is 60.1. The van der Waals surface area contributed by atoms with E-state index in [1.165, 1.54) is 43.8 Å². The molecule has 0 unspecified atom stereocenters. The van der Waals surface area contributed by atoms with Crippen LogP contribution in [0, 0.1) is 0 Å². The molecule has 0 aliphatic rings. The molecule has 16 aromatic carbocycles. The van der Waals surface area contributed by atoms with Crippen LogP contribution in [0.15, 0.2) is 394 Å². The number of hydrogen-bond acceptors (Lipinski definition) is 12. The van der Waals surface area contributed by atoms with E-state index in [0.717, 1.165) is 155 Å². The third-order valence-electron chi connectivity index (χ3n) is 22.0. The summed E-state index contributed by atoms with van der Waals surface area (Å²) in [6.07, 6.45) is 0. The van der Waals surface area contributed by atoms with Gasteiger partial charge in [-0.15, -0.1) is 0 Å². The number of halogens is 4. The average molecular weight is 1650 g/mol. The summed E-state index contributed by atoms with van der Waals surface area (Å²) in [5.41, 5.74) is 23.7. The zero-order chi connectivity index (χ0) is 81.7. The molecule has 8 heterocycles. The van der Waals surface area contributed by atoms with Gasteiger partial charge < -0.3 is 17.7 Å². The Hall–Kier alpha value is -15.0. The molecule has 0 spiro atoms. The van der Waals surface area contributed by atoms with E-state index in [1.807, 2.05) is 146 Å². The number of rotatable bonds is 9. The van der Waals surface area contributed by atoms with Gasteiger partial charge in [-0.1, -0.05) is 328 Å². The van der Waals surface area contributed by atoms with Crippen LogP contribution in [0.5, 0.6) is 0 Å². The molecule has 0 aliphatic carbocycles. The van der Waals surface area contributed by atoms with E-state index in [9.17, 15) is 0 Å². The number of furan rings is 4. The lowest BCUT2D eigenvalue weighted by Gasteiger charge is -2.12. The summed E-state index contributed by atoms with van der Waals surface area (Å²) in [6.45, 7) is 0. The van der Waals surface area contributed by atoms with Gasteiger partial charge in [0.05, 0.1) is 44.3 Å². The van der Waals surface area contributed by atoms with Crippen LogP contribution < -0.4 is 0 Å². The van der Waals surface area contributed by atoms with E-state index in [0.29, 0.717) is 22.9 Å². The molecule has 0 saturated carbocycles. The number of benzene rings is 16. The SMILES string of the molecule is Clc1nc(-c2cc(-c3ccccc3)cc(-c3ccccc3)c2)c2c(n1)oc1ccccc12.Clc1nc(-c2ccc(-c3ccc4ccccc4c3)cc2)c2c(n1)oc1ccccc12.Clc1nc(-c2ccc(-c3cccc4ccccc34)cc2)c2c(n1)oc1ccccc12.Clc1nc(-c2ccc(-c3ccccc3)c3ccccc23)c2c(n1)oc1ccccc12. The van der Waals surface area contributed by atoms with Crippen molar-refractivity contribution in [2.75, 3.05) is 0 Å². The second-order valence-corrected chi connectivity index (χ2v) is 30.7. The highest BCUT2D eigenvalue weighted by Gasteiger charge is 2.24. The maximum atomic E-state index is 6.33. The minimum absolute atomic E-state index is 0.165. The van der Waals surface area contributed by atoms with Gasteiger partial charge in [-0.2, -0.15) is 19.9 Å². The van der Waals surface area contributed by atoms with Crippen molar-refractivity contribution >= 4 is 167 Å². The second-order valence-electron chi connectivity index (χ2n) is 29.3. The minimum Gasteiger partial charge on any atom is -0.438 e. The summed E-state index contributed by atoms with van der Waals surface area (Å²) >= 11 is 25.0. The highest BCUT2D eigenvalue weighted by atomic mass is 35.5. The van der Waals surface area contributed by atoms with Gasteiger partial charge in [0.1, 0.15) is 22.3 Å². The average Bonchev–Trinajstić information content (AvgIpc) is 1.53. The Bertz CT molecular complexity index is 8080. The fourth-order valence-corrected chi connectivity index (χ4v) is 17.1. The van der Waals surface area contributed by atoms with Crippen LogP contribution in [-0.4, -0.2) is 39.9 Å². The summed E-state index contributed by atoms with van der Waals surface area (Å²) in [5.74, 6) is 0. The normalized spacial score (nSPS) is 11.4. The van der Waals surface area contributed by atoms with Crippen molar-refractivity contribution in [3.8, 4) is 101 Å². The van der Waals surface area contributed by atoms with E-state index in [1.54, 1.807) is 0 Å². The van der Waals surface area contributed by atoms with Crippen molar-refractivity contribution in [1.82, 2.24) is 39.9 Å². The number of aromatic nitrogens is 8. The molecule has 8 aromatic heterocycles. The molecule has 24 rings (SSSR count). The summed E-state index contributed by atoms with van der Waals surface area (Å²) in [6, 6.07) is 128. The largest absolute Gasteiger partial charge is 0.438 e. The van der Waals surface area contributed by atoms with Crippen LogP contribution in [0.2, 0.25) is 21.1 Å². The van der Waals surface area contributed by atoms with E-state index >= 15 is 0 Å². The summed E-state index contributed by atoms with van der Waals surface area (Å²) in [5, 5.41) is 15.3. The van der Waals surface area contributed by atoms with Gasteiger partial charge in [-0.3, -0.25) is 0 Å². The molecule has 0 atom stereocenters. The molecular formula is C106H62Cl4N8O4. The number of nitrogens with zero attached hydrogens (tertiary/aromatic N) is 8. The van der Waals surface area contributed by atoms with Crippen LogP contribution in [0.4, 0.5) is 0 Å². The molecule has 0 saturated heterocycles. The van der Waals surface area contributed by atoms with Gasteiger partial charge >= 0.3 is 0 Å². The standard InChI is InChI=1S/C28H17ClN2O.3C26H15ClN2O/c29-28-30-26(25-23-13-7-8-14-24(23)32-27(25)31-28)22-16-20(18-9-3-1-4-10-18)15-21(17-22)19-11-5-2-6-12-19;27-26-28-24(23-21-9-3-4-11-22(21)30-25(23)29-26)18-14-12-17(13-15-18)20-10-5-7-16-6-1-2-8-19(16)20;27-26-28-24(23-21-7-3-4-8-22(21)30-25(23)29-26)18-12-9-17(10-13-18)20-14-11-16-5-1-2-6-19(16)15-20;27-26-28-24(23-21-12-6-7-13-22(21)30-25(23)29-26)20-15-14-17(16-8-2-1-3-9-16)18-10-4-5-11-19(18)20/h1-17H;3*1-15H. The van der Waals surface area contributed by atoms with E-state index < -0.39 is 0 Å². The lowest BCUT2D eigenvalue weighted by molar-refractivity contribution is 0.652. The van der Waals surface area contributed by atoms with Crippen molar-refractivity contribution in [2.45, 2.75) is 0 Å². The molecular weight excluding hydrogens is 1590 g/mol. The maximum Gasteiger partial charge on any atom is 0.232 e. The first kappa shape index (κ1) is 74.5. The molecule has 122 heavy (non-hydrogen) atoms. The van der Waals surface area contributed by atoms with E-state index in [4.69, 9.17) is 64.1 Å². The third-order valence-corrected chi connectivity index (χ3v) is 22.7. The molecule has 0 radical (unpaired) electrons. The third kappa shape index (κ3) is 14.3. The first-order valence-corrected chi connectivity index (χ1v) is 41.0. The molecule has 0 amide bonds. The van der Waals surface area contributed by atoms with Crippen LogP contribution in [0.1, 0.15) is 0 Å². The van der Waals surface area contributed by atoms with Gasteiger partial charge in [0.25, 0.3) is 0 Å². The topological polar surface area (TPSA) is 156 Å². The van der Waals surface area contributed by atoms with Gasteiger partial charge in [0.15, 0.2) is 0 Å². The molecule has 0 bridgehead atoms. The van der Waals surface area contributed by atoms with Gasteiger partial charge in [-0.05, 0) is 183 Å². The summed E-state index contributed by atoms with van der Waals surface area (Å²) in [4.78, 5) is 35.6. The van der Waals surface area contributed by atoms with E-state index in [2.05, 4.69) is 270 Å². The van der Waals surface area contributed by atoms with Crippen LogP contribution in [0.3, 0.4) is 0 Å². The molecule has 12 nitrogen and oxygen atoms in total. The second kappa shape index (κ2) is 32.0. The fourth-order valence-electron chi connectivity index (χ4n) is 16.4. The van der Waals surface area contributed by atoms with Crippen molar-refractivity contribution in [1.29, 1.82) is 0 Å². The maximum absolute atomic E-state index is 6.33.